The maximum Gasteiger partial charge on any atom is 0 e. The van der Waals surface area contributed by atoms with Gasteiger partial charge in [-0.1, -0.05) is 20.8 Å². The summed E-state index contributed by atoms with van der Waals surface area (Å²) in [6, 6.07) is 9.43. The molecule has 0 saturated heterocycles. The van der Waals surface area contributed by atoms with Crippen molar-refractivity contribution < 1.29 is 32.7 Å². The van der Waals surface area contributed by atoms with Gasteiger partial charge in [0, 0.05) is 32.7 Å². The molecule has 0 aliphatic rings. The topological polar surface area (TPSA) is 0 Å². The molecule has 0 fully saturated rings. The second-order valence-corrected chi connectivity index (χ2v) is 2.96. The average Bonchev–Trinajstić information content (AvgIpc) is 2.08. The number of hydrogen-bond donors (Lipinski definition) is 0. The van der Waals surface area contributed by atoms with Crippen LogP contribution in [0.3, 0.4) is 0 Å². The minimum Gasteiger partial charge on any atom is -0.346 e. The molecule has 0 nitrogen and oxygen atoms in total. The molecule has 0 unspecified atom stereocenters. The molecule has 0 spiro atoms. The number of rotatable bonds is 1. The Morgan fingerprint density at radius 2 is 1.85 bits per heavy atom. The fraction of sp³-hybridized carbons (Fsp3) is 0.417. The third-order valence-corrected chi connectivity index (χ3v) is 1.64. The summed E-state index contributed by atoms with van der Waals surface area (Å²) < 4.78 is 0. The molecule has 0 N–H and O–H groups in total. The van der Waals surface area contributed by atoms with Crippen molar-refractivity contribution >= 4 is 0 Å². The van der Waals surface area contributed by atoms with E-state index >= 15 is 0 Å². The van der Waals surface area contributed by atoms with Gasteiger partial charge in [0.05, 0.1) is 0 Å². The first-order valence-electron chi connectivity index (χ1n) is 4.39. The Kier molecular flexibility index (Phi) is 10.8. The molecule has 13 heavy (non-hydrogen) atoms. The van der Waals surface area contributed by atoms with Gasteiger partial charge >= 0.3 is 0 Å². The van der Waals surface area contributed by atoms with Crippen molar-refractivity contribution in [2.45, 2.75) is 33.6 Å². The van der Waals surface area contributed by atoms with Crippen molar-refractivity contribution in [1.82, 2.24) is 0 Å². The van der Waals surface area contributed by atoms with Crippen LogP contribution < -0.4 is 0 Å². The molecule has 1 radical (unpaired) electrons. The van der Waals surface area contributed by atoms with E-state index in [-0.39, 0.29) is 32.7 Å². The molecule has 0 saturated carbocycles. The minimum atomic E-state index is 0. The van der Waals surface area contributed by atoms with Crippen molar-refractivity contribution in [2.24, 2.45) is 0 Å². The van der Waals surface area contributed by atoms with Crippen LogP contribution in [0.25, 0.3) is 0 Å². The Morgan fingerprint density at radius 1 is 1.31 bits per heavy atom. The van der Waals surface area contributed by atoms with Crippen molar-refractivity contribution in [2.75, 3.05) is 0 Å². The first kappa shape index (κ1) is 15.8. The molecule has 0 bridgehead atoms. The molecule has 0 aliphatic heterocycles. The van der Waals surface area contributed by atoms with Crippen LogP contribution in [0, 0.1) is 19.9 Å². The van der Waals surface area contributed by atoms with Crippen LogP contribution in [0.4, 0.5) is 0 Å². The summed E-state index contributed by atoms with van der Waals surface area (Å²) in [5.74, 6) is 0.633. The van der Waals surface area contributed by atoms with Crippen LogP contribution in [-0.4, -0.2) is 0 Å². The molecule has 0 amide bonds. The van der Waals surface area contributed by atoms with Crippen LogP contribution in [0.15, 0.2) is 18.2 Å². The molecule has 1 aromatic rings. The summed E-state index contributed by atoms with van der Waals surface area (Å²) in [6.45, 7) is 11.5. The zero-order valence-corrected chi connectivity index (χ0v) is 11.9. The zero-order chi connectivity index (χ0) is 9.56. The van der Waals surface area contributed by atoms with Gasteiger partial charge in [0.1, 0.15) is 0 Å². The van der Waals surface area contributed by atoms with Gasteiger partial charge in [-0.3, -0.25) is 0 Å². The fourth-order valence-corrected chi connectivity index (χ4v) is 0.968. The largest absolute Gasteiger partial charge is 0.346 e. The number of benzene rings is 1. The van der Waals surface area contributed by atoms with E-state index in [1.807, 2.05) is 6.07 Å². The molecular weight excluding hydrogens is 233 g/mol. The van der Waals surface area contributed by atoms with E-state index in [0.717, 1.165) is 0 Å². The van der Waals surface area contributed by atoms with E-state index in [1.54, 1.807) is 6.92 Å². The Bertz CT molecular complexity index is 216. The minimum absolute atomic E-state index is 0. The van der Waals surface area contributed by atoms with Gasteiger partial charge in [-0.2, -0.15) is 42.3 Å². The van der Waals surface area contributed by atoms with E-state index < -0.39 is 0 Å². The zero-order valence-electron chi connectivity index (χ0n) is 9.09. The van der Waals surface area contributed by atoms with Crippen molar-refractivity contribution in [3.63, 3.8) is 0 Å². The molecule has 0 aliphatic carbocycles. The van der Waals surface area contributed by atoms with E-state index in [1.165, 1.54) is 11.1 Å². The second-order valence-electron chi connectivity index (χ2n) is 2.96. The first-order chi connectivity index (χ1) is 5.70. The Labute approximate surface area is 108 Å². The van der Waals surface area contributed by atoms with E-state index in [2.05, 4.69) is 45.9 Å². The number of aryl methyl sites for hydroxylation is 1. The summed E-state index contributed by atoms with van der Waals surface area (Å²) in [6.07, 6.45) is 0. The summed E-state index contributed by atoms with van der Waals surface area (Å²) in [5.41, 5.74) is 2.63. The maximum atomic E-state index is 3.25. The van der Waals surface area contributed by atoms with Crippen LogP contribution in [0.5, 0.6) is 0 Å². The van der Waals surface area contributed by atoms with Crippen LogP contribution in [0.2, 0.25) is 0 Å². The van der Waals surface area contributed by atoms with Gasteiger partial charge in [-0.25, -0.2) is 0 Å². The van der Waals surface area contributed by atoms with Gasteiger partial charge in [0.15, 0.2) is 0 Å². The second kappa shape index (κ2) is 8.90. The van der Waals surface area contributed by atoms with E-state index in [9.17, 15) is 0 Å². The smallest absolute Gasteiger partial charge is 0 e. The predicted molar refractivity (Wildman–Crippen MR) is 55.1 cm³/mol. The molecule has 1 rings (SSSR count). The third-order valence-electron chi connectivity index (χ3n) is 1.64. The van der Waals surface area contributed by atoms with Gasteiger partial charge in [-0.05, 0) is 5.92 Å². The standard InChI is InChI=1S/C10H13.C2H5.Y/c1-8(2)10-6-4-5-9(3)7-10;1-2;/h4,6-8H,1-3H3;1H2,2H3;/q2*-1;. The molecule has 0 atom stereocenters. The monoisotopic (exact) mass is 251 g/mol. The molecule has 0 aromatic heterocycles. The summed E-state index contributed by atoms with van der Waals surface area (Å²) in [5, 5.41) is 0. The van der Waals surface area contributed by atoms with Crippen molar-refractivity contribution in [3.8, 4) is 0 Å². The first-order valence-corrected chi connectivity index (χ1v) is 4.39. The Balaban J connectivity index is 0. The fourth-order valence-electron chi connectivity index (χ4n) is 0.968. The molecule has 1 heteroatoms. The summed E-state index contributed by atoms with van der Waals surface area (Å²) in [7, 11) is 0. The average molecular weight is 251 g/mol. The molecule has 1 aromatic carbocycles. The van der Waals surface area contributed by atoms with Crippen LogP contribution in [-0.2, 0) is 32.7 Å². The van der Waals surface area contributed by atoms with Gasteiger partial charge < -0.3 is 6.92 Å². The predicted octanol–water partition coefficient (Wildman–Crippen LogP) is 3.76. The van der Waals surface area contributed by atoms with Crippen molar-refractivity contribution in [1.29, 1.82) is 0 Å². The van der Waals surface area contributed by atoms with Gasteiger partial charge in [0.2, 0.25) is 0 Å². The molecule has 71 valence electrons. The number of hydrogen-bond acceptors (Lipinski definition) is 0. The van der Waals surface area contributed by atoms with Crippen molar-refractivity contribution in [3.05, 3.63) is 42.3 Å². The van der Waals surface area contributed by atoms with Crippen LogP contribution in [0.1, 0.15) is 37.8 Å². The molecular formula is C12H18Y-2. The summed E-state index contributed by atoms with van der Waals surface area (Å²) in [4.78, 5) is 0. The van der Waals surface area contributed by atoms with E-state index in [0.29, 0.717) is 5.92 Å². The maximum absolute atomic E-state index is 3.25. The Hall–Kier alpha value is 0.324. The van der Waals surface area contributed by atoms with Crippen LogP contribution >= 0.6 is 0 Å². The molecule has 0 heterocycles. The van der Waals surface area contributed by atoms with Gasteiger partial charge in [-0.15, -0.1) is 0 Å². The third kappa shape index (κ3) is 6.40. The Morgan fingerprint density at radius 3 is 2.15 bits per heavy atom. The quantitative estimate of drug-likeness (QED) is 0.667. The SMILES string of the molecule is Cc1[c-]ccc(C(C)C)c1.[CH2-]C.[Y]. The van der Waals surface area contributed by atoms with Gasteiger partial charge in [0.25, 0.3) is 0 Å². The summed E-state index contributed by atoms with van der Waals surface area (Å²) >= 11 is 0. The normalized spacial score (nSPS) is 8.46. The van der Waals surface area contributed by atoms with E-state index in [4.69, 9.17) is 0 Å².